The van der Waals surface area contributed by atoms with E-state index in [1.165, 1.54) is 96.3 Å². The topological polar surface area (TPSA) is 35.5 Å². The second-order valence-electron chi connectivity index (χ2n) is 24.4. The molecule has 0 aromatic carbocycles. The summed E-state index contributed by atoms with van der Waals surface area (Å²) in [7, 11) is 0. The number of carbonyl (C=O) groups excluding carboxylic acids is 1. The van der Waals surface area contributed by atoms with E-state index in [4.69, 9.17) is 9.47 Å². The molecule has 8 rings (SSSR count). The molecule has 6 fully saturated rings. The minimum Gasteiger partial charge on any atom is -0.431 e. The van der Waals surface area contributed by atoms with Crippen LogP contribution in [0.4, 0.5) is 4.79 Å². The molecule has 0 aliphatic heterocycles. The molecule has 0 unspecified atom stereocenters. The molecule has 8 aliphatic carbocycles. The molecule has 3 heteroatoms. The molecular formula is C54H88O3. The highest BCUT2D eigenvalue weighted by Gasteiger charge is 2.61. The number of carbonyl (C=O) groups is 1. The molecule has 0 aromatic heterocycles. The average Bonchev–Trinajstić information content (AvgIpc) is 3.71. The van der Waals surface area contributed by atoms with E-state index < -0.39 is 6.16 Å². The minimum atomic E-state index is -0.397. The maximum absolute atomic E-state index is 13.5. The highest BCUT2D eigenvalue weighted by Crippen LogP contribution is 2.69. The van der Waals surface area contributed by atoms with Crippen LogP contribution in [0, 0.1) is 92.7 Å². The van der Waals surface area contributed by atoms with E-state index >= 15 is 0 Å². The quantitative estimate of drug-likeness (QED) is 0.155. The zero-order valence-corrected chi connectivity index (χ0v) is 38.8. The summed E-state index contributed by atoms with van der Waals surface area (Å²) >= 11 is 0. The summed E-state index contributed by atoms with van der Waals surface area (Å²) in [6.45, 7) is 25.3. The zero-order valence-electron chi connectivity index (χ0n) is 38.8. The van der Waals surface area contributed by atoms with Crippen LogP contribution in [-0.2, 0) is 9.47 Å². The molecule has 322 valence electrons. The van der Waals surface area contributed by atoms with Crippen LogP contribution in [0.25, 0.3) is 0 Å². The Kier molecular flexibility index (Phi) is 12.1. The van der Waals surface area contributed by atoms with Gasteiger partial charge in [0.05, 0.1) is 0 Å². The largest absolute Gasteiger partial charge is 0.508 e. The van der Waals surface area contributed by atoms with Crippen LogP contribution in [-0.4, -0.2) is 18.4 Å². The SMILES string of the molecule is CC(C)CCC[C@H](C)[C@@H]1CC[C@@H]2[C@@H]3CC=C4C[C@@H](OC(=O)O[C@@H]5CC[C@]6(C)C(=CC[C@H]7[C@@H]8CC[C@@H]([C@H](C)CCC(C)C)[C@@]8(C)CC[C@@H]76)C5)CC[C@]4(C)[C@H]3CC[C@]21C. The van der Waals surface area contributed by atoms with Gasteiger partial charge in [-0.05, 0) is 183 Å². The smallest absolute Gasteiger partial charge is 0.431 e. The third-order valence-electron chi connectivity index (χ3n) is 20.8. The van der Waals surface area contributed by atoms with Gasteiger partial charge in [-0.15, -0.1) is 0 Å². The Morgan fingerprint density at radius 3 is 1.47 bits per heavy atom. The maximum Gasteiger partial charge on any atom is 0.508 e. The highest BCUT2D eigenvalue weighted by molar-refractivity contribution is 5.60. The Bertz CT molecular complexity index is 1510. The number of hydrogen-bond donors (Lipinski definition) is 0. The maximum atomic E-state index is 13.5. The molecule has 0 radical (unpaired) electrons. The second kappa shape index (κ2) is 16.2. The first-order chi connectivity index (χ1) is 27.1. The van der Waals surface area contributed by atoms with Gasteiger partial charge in [-0.25, -0.2) is 4.79 Å². The molecule has 0 aromatic rings. The molecule has 16 atom stereocenters. The number of ether oxygens (including phenoxy) is 2. The van der Waals surface area contributed by atoms with Gasteiger partial charge in [-0.1, -0.05) is 125 Å². The monoisotopic (exact) mass is 785 g/mol. The van der Waals surface area contributed by atoms with E-state index in [1.54, 1.807) is 11.1 Å². The molecule has 8 aliphatic rings. The lowest BCUT2D eigenvalue weighted by Gasteiger charge is -2.58. The van der Waals surface area contributed by atoms with E-state index in [-0.39, 0.29) is 23.0 Å². The van der Waals surface area contributed by atoms with Crippen molar-refractivity contribution in [3.8, 4) is 0 Å². The van der Waals surface area contributed by atoms with E-state index in [9.17, 15) is 4.79 Å². The summed E-state index contributed by atoms with van der Waals surface area (Å²) in [5.41, 5.74) is 4.80. The van der Waals surface area contributed by atoms with Crippen molar-refractivity contribution in [3.63, 3.8) is 0 Å². The van der Waals surface area contributed by atoms with E-state index in [0.29, 0.717) is 10.8 Å². The van der Waals surface area contributed by atoms with Crippen LogP contribution in [0.3, 0.4) is 0 Å². The third kappa shape index (κ3) is 7.58. The van der Waals surface area contributed by atoms with Gasteiger partial charge in [0.15, 0.2) is 0 Å². The van der Waals surface area contributed by atoms with Crippen molar-refractivity contribution < 1.29 is 14.3 Å². The van der Waals surface area contributed by atoms with Crippen molar-refractivity contribution in [3.05, 3.63) is 23.3 Å². The lowest BCUT2D eigenvalue weighted by molar-refractivity contribution is -0.0717. The molecule has 3 nitrogen and oxygen atoms in total. The summed E-state index contributed by atoms with van der Waals surface area (Å²) in [5.74, 6) is 10.2. The fourth-order valence-corrected chi connectivity index (χ4v) is 17.6. The molecule has 57 heavy (non-hydrogen) atoms. The number of fused-ring (bicyclic) bond motifs is 10. The summed E-state index contributed by atoms with van der Waals surface area (Å²) in [6.07, 6.45) is 31.8. The van der Waals surface area contributed by atoms with Crippen molar-refractivity contribution in [2.75, 3.05) is 0 Å². The Balaban J connectivity index is 0.843. The molecule has 0 amide bonds. The molecule has 0 bridgehead atoms. The standard InChI is InChI=1S/C54H88O3/c1-34(2)12-11-13-36(5)44-20-22-46-42-18-16-38-32-40(24-28-51(38,7)48(42)26-30-53(44,46)9)56-50(55)57-41-25-29-52(8)39(33-41)17-19-43-47-23-21-45(37(6)15-14-35(3)4)54(47,10)31-27-49(43)52/h16-17,34-37,40-49H,11-15,18-33H2,1-10H3/t36-,37+,40-,41+,42-,43-,44-,45-,46+,47-,48-,49-,51-,52+,53-,54+/m0/s1. The predicted molar refractivity (Wildman–Crippen MR) is 237 cm³/mol. The molecular weight excluding hydrogens is 697 g/mol. The molecule has 0 spiro atoms. The fraction of sp³-hybridized carbons (Fsp3) is 0.907. The first kappa shape index (κ1) is 42.4. The lowest BCUT2D eigenvalue weighted by Crippen LogP contribution is -2.51. The Labute approximate surface area is 351 Å². The van der Waals surface area contributed by atoms with Gasteiger partial charge in [0, 0.05) is 12.8 Å². The van der Waals surface area contributed by atoms with Crippen LogP contribution in [0.2, 0.25) is 0 Å². The predicted octanol–water partition coefficient (Wildman–Crippen LogP) is 15.6. The van der Waals surface area contributed by atoms with E-state index in [1.807, 2.05) is 0 Å². The first-order valence-corrected chi connectivity index (χ1v) is 25.3. The second-order valence-corrected chi connectivity index (χ2v) is 24.4. The van der Waals surface area contributed by atoms with Crippen LogP contribution < -0.4 is 0 Å². The molecule has 0 N–H and O–H groups in total. The summed E-state index contributed by atoms with van der Waals surface area (Å²) < 4.78 is 12.5. The van der Waals surface area contributed by atoms with E-state index in [2.05, 4.69) is 81.4 Å². The third-order valence-corrected chi connectivity index (χ3v) is 20.8. The molecule has 6 saturated carbocycles. The highest BCUT2D eigenvalue weighted by atomic mass is 16.7. The summed E-state index contributed by atoms with van der Waals surface area (Å²) in [5, 5.41) is 0. The molecule has 0 saturated heterocycles. The number of rotatable bonds is 11. The lowest BCUT2D eigenvalue weighted by atomic mass is 9.47. The number of hydrogen-bond acceptors (Lipinski definition) is 3. The fourth-order valence-electron chi connectivity index (χ4n) is 17.6. The van der Waals surface area contributed by atoms with E-state index in [0.717, 1.165) is 110 Å². The van der Waals surface area contributed by atoms with Crippen LogP contribution in [0.1, 0.15) is 204 Å². The van der Waals surface area contributed by atoms with Gasteiger partial charge in [-0.3, -0.25) is 0 Å². The van der Waals surface area contributed by atoms with Crippen molar-refractivity contribution in [1.29, 1.82) is 0 Å². The normalized spacial score (nSPS) is 46.0. The van der Waals surface area contributed by atoms with Crippen molar-refractivity contribution in [1.82, 2.24) is 0 Å². The van der Waals surface area contributed by atoms with Crippen LogP contribution in [0.15, 0.2) is 23.3 Å². The zero-order chi connectivity index (χ0) is 40.5. The van der Waals surface area contributed by atoms with Gasteiger partial charge < -0.3 is 9.47 Å². The Morgan fingerprint density at radius 2 is 1.02 bits per heavy atom. The number of allylic oxidation sites excluding steroid dienone is 2. The van der Waals surface area contributed by atoms with Gasteiger partial charge in [-0.2, -0.15) is 0 Å². The van der Waals surface area contributed by atoms with Gasteiger partial charge in [0.1, 0.15) is 12.2 Å². The Hall–Kier alpha value is -1.25. The minimum absolute atomic E-state index is 0.0341. The van der Waals surface area contributed by atoms with Gasteiger partial charge in [0.25, 0.3) is 0 Å². The van der Waals surface area contributed by atoms with Gasteiger partial charge >= 0.3 is 6.16 Å². The van der Waals surface area contributed by atoms with Crippen LogP contribution >= 0.6 is 0 Å². The van der Waals surface area contributed by atoms with Crippen molar-refractivity contribution in [2.45, 2.75) is 216 Å². The first-order valence-electron chi connectivity index (χ1n) is 25.3. The average molecular weight is 785 g/mol. The summed E-state index contributed by atoms with van der Waals surface area (Å²) in [6, 6.07) is 0. The Morgan fingerprint density at radius 1 is 0.561 bits per heavy atom. The van der Waals surface area contributed by atoms with Gasteiger partial charge in [0.2, 0.25) is 0 Å². The van der Waals surface area contributed by atoms with Crippen molar-refractivity contribution >= 4 is 6.16 Å². The van der Waals surface area contributed by atoms with Crippen LogP contribution in [0.5, 0.6) is 0 Å². The van der Waals surface area contributed by atoms with Crippen molar-refractivity contribution in [2.24, 2.45) is 92.7 Å². The molecule has 0 heterocycles. The summed E-state index contributed by atoms with van der Waals surface area (Å²) in [4.78, 5) is 13.5.